The first-order chi connectivity index (χ1) is 9.86. The van der Waals surface area contributed by atoms with E-state index in [2.05, 4.69) is 4.90 Å². The van der Waals surface area contributed by atoms with Crippen molar-refractivity contribution in [3.63, 3.8) is 0 Å². The van der Waals surface area contributed by atoms with E-state index >= 15 is 0 Å². The van der Waals surface area contributed by atoms with Crippen molar-refractivity contribution in [1.29, 1.82) is 0 Å². The Bertz CT molecular complexity index is 457. The quantitative estimate of drug-likeness (QED) is 0.890. The molecular weight excluding hydrogens is 258 g/mol. The number of aliphatic hydroxyl groups is 1. The molecule has 5 heteroatoms. The van der Waals surface area contributed by atoms with E-state index in [9.17, 15) is 5.11 Å². The van der Waals surface area contributed by atoms with Crippen LogP contribution in [0, 0.1) is 0 Å². The zero-order valence-electron chi connectivity index (χ0n) is 11.6. The number of likely N-dealkylation sites (tertiary alicyclic amines) is 1. The Morgan fingerprint density at radius 2 is 1.85 bits per heavy atom. The highest BCUT2D eigenvalue weighted by Gasteiger charge is 2.18. The summed E-state index contributed by atoms with van der Waals surface area (Å²) in [6, 6.07) is 3.60. The molecular formula is C15H21NO4. The van der Waals surface area contributed by atoms with Crippen molar-refractivity contribution in [2.75, 3.05) is 33.0 Å². The summed E-state index contributed by atoms with van der Waals surface area (Å²) in [5.41, 5.74) is 0.743. The van der Waals surface area contributed by atoms with Gasteiger partial charge in [-0.2, -0.15) is 0 Å². The fraction of sp³-hybridized carbons (Fsp3) is 0.600. The molecule has 2 aliphatic heterocycles. The van der Waals surface area contributed by atoms with Crippen LogP contribution in [-0.4, -0.2) is 43.0 Å². The summed E-state index contributed by atoms with van der Waals surface area (Å²) >= 11 is 0. The second-order valence-corrected chi connectivity index (χ2v) is 5.22. The van der Waals surface area contributed by atoms with Crippen molar-refractivity contribution in [2.45, 2.75) is 25.9 Å². The normalized spacial score (nSPS) is 18.2. The van der Waals surface area contributed by atoms with E-state index in [0.29, 0.717) is 23.9 Å². The van der Waals surface area contributed by atoms with Crippen LogP contribution in [0.2, 0.25) is 0 Å². The molecule has 0 spiro atoms. The number of piperidine rings is 1. The summed E-state index contributed by atoms with van der Waals surface area (Å²) in [6.45, 7) is 4.06. The number of fused-ring (bicyclic) bond motifs is 1. The van der Waals surface area contributed by atoms with Crippen LogP contribution in [0.25, 0.3) is 0 Å². The van der Waals surface area contributed by atoms with Crippen LogP contribution in [0.3, 0.4) is 0 Å². The van der Waals surface area contributed by atoms with Gasteiger partial charge in [-0.25, -0.2) is 0 Å². The molecule has 3 rings (SSSR count). The molecule has 0 unspecified atom stereocenters. The molecule has 20 heavy (non-hydrogen) atoms. The van der Waals surface area contributed by atoms with Crippen molar-refractivity contribution in [2.24, 2.45) is 0 Å². The maximum Gasteiger partial charge on any atom is 0.231 e. The van der Waals surface area contributed by atoms with Crippen LogP contribution in [0.1, 0.15) is 24.8 Å². The van der Waals surface area contributed by atoms with Crippen LogP contribution in [0.15, 0.2) is 12.1 Å². The number of nitrogens with zero attached hydrogens (tertiary/aromatic N) is 1. The van der Waals surface area contributed by atoms with Gasteiger partial charge in [0, 0.05) is 18.2 Å². The predicted molar refractivity (Wildman–Crippen MR) is 74.3 cm³/mol. The summed E-state index contributed by atoms with van der Waals surface area (Å²) < 4.78 is 16.5. The first-order valence-electron chi connectivity index (χ1n) is 7.25. The van der Waals surface area contributed by atoms with Gasteiger partial charge >= 0.3 is 0 Å². The molecule has 2 aliphatic rings. The summed E-state index contributed by atoms with van der Waals surface area (Å²) in [4.78, 5) is 2.43. The molecule has 1 fully saturated rings. The van der Waals surface area contributed by atoms with Crippen molar-refractivity contribution in [3.8, 4) is 17.2 Å². The third-order valence-electron chi connectivity index (χ3n) is 3.84. The highest BCUT2D eigenvalue weighted by Crippen LogP contribution is 2.38. The van der Waals surface area contributed by atoms with Crippen LogP contribution in [0.5, 0.6) is 17.2 Å². The number of aliphatic hydroxyl groups excluding tert-OH is 1. The first kappa shape index (κ1) is 13.5. The molecule has 1 N–H and O–H groups in total. The van der Waals surface area contributed by atoms with E-state index in [1.54, 1.807) is 6.07 Å². The molecule has 1 aromatic carbocycles. The van der Waals surface area contributed by atoms with Crippen molar-refractivity contribution in [1.82, 2.24) is 4.90 Å². The SMILES string of the molecule is OCc1cc2c(cc1OCCN1CCCCC1)OCO2. The number of rotatable bonds is 5. The molecule has 0 saturated carbocycles. The van der Waals surface area contributed by atoms with Crippen molar-refractivity contribution < 1.29 is 19.3 Å². The average Bonchev–Trinajstić information content (AvgIpc) is 2.94. The Balaban J connectivity index is 1.58. The lowest BCUT2D eigenvalue weighted by Crippen LogP contribution is -2.33. The second kappa shape index (κ2) is 6.33. The topological polar surface area (TPSA) is 51.2 Å². The van der Waals surface area contributed by atoms with Gasteiger partial charge in [-0.1, -0.05) is 6.42 Å². The molecule has 0 bridgehead atoms. The van der Waals surface area contributed by atoms with E-state index in [1.807, 2.05) is 6.07 Å². The minimum Gasteiger partial charge on any atom is -0.492 e. The molecule has 110 valence electrons. The number of ether oxygens (including phenoxy) is 3. The van der Waals surface area contributed by atoms with Crippen molar-refractivity contribution >= 4 is 0 Å². The lowest BCUT2D eigenvalue weighted by atomic mass is 10.1. The van der Waals surface area contributed by atoms with Gasteiger partial charge in [-0.05, 0) is 32.0 Å². The summed E-state index contributed by atoms with van der Waals surface area (Å²) in [5, 5.41) is 9.41. The molecule has 1 aromatic rings. The van der Waals surface area contributed by atoms with E-state index in [1.165, 1.54) is 19.3 Å². The molecule has 0 aliphatic carbocycles. The van der Waals surface area contributed by atoms with Gasteiger partial charge in [0.05, 0.1) is 6.61 Å². The molecule has 1 saturated heterocycles. The van der Waals surface area contributed by atoms with Gasteiger partial charge in [0.1, 0.15) is 12.4 Å². The number of benzene rings is 1. The zero-order valence-corrected chi connectivity index (χ0v) is 11.6. The molecule has 0 aromatic heterocycles. The van der Waals surface area contributed by atoms with Crippen LogP contribution >= 0.6 is 0 Å². The highest BCUT2D eigenvalue weighted by molar-refractivity contribution is 5.51. The lowest BCUT2D eigenvalue weighted by molar-refractivity contribution is 0.173. The predicted octanol–water partition coefficient (Wildman–Crippen LogP) is 1.77. The Kier molecular flexibility index (Phi) is 4.28. The van der Waals surface area contributed by atoms with Crippen molar-refractivity contribution in [3.05, 3.63) is 17.7 Å². The summed E-state index contributed by atoms with van der Waals surface area (Å²) in [5.74, 6) is 2.06. The lowest BCUT2D eigenvalue weighted by Gasteiger charge is -2.26. The fourth-order valence-corrected chi connectivity index (χ4v) is 2.69. The average molecular weight is 279 g/mol. The van der Waals surface area contributed by atoms with Gasteiger partial charge < -0.3 is 19.3 Å². The Morgan fingerprint density at radius 1 is 1.10 bits per heavy atom. The maximum absolute atomic E-state index is 9.41. The van der Waals surface area contributed by atoms with Crippen LogP contribution < -0.4 is 14.2 Å². The summed E-state index contributed by atoms with van der Waals surface area (Å²) in [6.07, 6.45) is 3.91. The van der Waals surface area contributed by atoms with Crippen LogP contribution in [-0.2, 0) is 6.61 Å². The Hall–Kier alpha value is -1.46. The maximum atomic E-state index is 9.41. The zero-order chi connectivity index (χ0) is 13.8. The van der Waals surface area contributed by atoms with Crippen LogP contribution in [0.4, 0.5) is 0 Å². The monoisotopic (exact) mass is 279 g/mol. The minimum atomic E-state index is -0.0598. The third-order valence-corrected chi connectivity index (χ3v) is 3.84. The third kappa shape index (κ3) is 2.99. The van der Waals surface area contributed by atoms with Gasteiger partial charge in [0.2, 0.25) is 6.79 Å². The van der Waals surface area contributed by atoms with Gasteiger partial charge in [-0.3, -0.25) is 4.90 Å². The molecule has 5 nitrogen and oxygen atoms in total. The Morgan fingerprint density at radius 3 is 2.60 bits per heavy atom. The van der Waals surface area contributed by atoms with Gasteiger partial charge in [-0.15, -0.1) is 0 Å². The molecule has 2 heterocycles. The van der Waals surface area contributed by atoms with Gasteiger partial charge in [0.15, 0.2) is 11.5 Å². The fourth-order valence-electron chi connectivity index (χ4n) is 2.69. The standard InChI is InChI=1S/C15H21NO4/c17-10-12-8-14-15(20-11-19-14)9-13(12)18-7-6-16-4-2-1-3-5-16/h8-9,17H,1-7,10-11H2. The highest BCUT2D eigenvalue weighted by atomic mass is 16.7. The van der Waals surface area contributed by atoms with E-state index < -0.39 is 0 Å². The largest absolute Gasteiger partial charge is 0.492 e. The second-order valence-electron chi connectivity index (χ2n) is 5.22. The van der Waals surface area contributed by atoms with E-state index in [0.717, 1.165) is 25.2 Å². The molecule has 0 radical (unpaired) electrons. The number of hydrogen-bond donors (Lipinski definition) is 1. The minimum absolute atomic E-state index is 0.0598. The summed E-state index contributed by atoms with van der Waals surface area (Å²) in [7, 11) is 0. The molecule has 0 amide bonds. The van der Waals surface area contributed by atoms with Gasteiger partial charge in [0.25, 0.3) is 0 Å². The smallest absolute Gasteiger partial charge is 0.231 e. The van der Waals surface area contributed by atoms with E-state index in [-0.39, 0.29) is 13.4 Å². The number of hydrogen-bond acceptors (Lipinski definition) is 5. The Labute approximate surface area is 119 Å². The molecule has 0 atom stereocenters. The van der Waals surface area contributed by atoms with E-state index in [4.69, 9.17) is 14.2 Å². The first-order valence-corrected chi connectivity index (χ1v) is 7.25.